The predicted octanol–water partition coefficient (Wildman–Crippen LogP) is 2.66. The summed E-state index contributed by atoms with van der Waals surface area (Å²) in [5.41, 5.74) is -0.155. The Labute approximate surface area is 116 Å². The van der Waals surface area contributed by atoms with Crippen LogP contribution in [0, 0.1) is 0 Å². The Hall–Kier alpha value is -0.810. The van der Waals surface area contributed by atoms with Crippen LogP contribution in [-0.2, 0) is 4.74 Å². The molecule has 5 nitrogen and oxygen atoms in total. The van der Waals surface area contributed by atoms with E-state index in [1.54, 1.807) is 6.92 Å². The molecule has 1 aliphatic heterocycles. The number of piperidine rings is 1. The Morgan fingerprint density at radius 1 is 1.37 bits per heavy atom. The predicted molar refractivity (Wildman–Crippen MR) is 75.3 cm³/mol. The third-order valence-corrected chi connectivity index (χ3v) is 3.58. The molecule has 1 atom stereocenters. The van der Waals surface area contributed by atoms with Gasteiger partial charge in [0.2, 0.25) is 0 Å². The lowest BCUT2D eigenvalue weighted by atomic mass is 9.79. The molecule has 1 unspecified atom stereocenters. The van der Waals surface area contributed by atoms with E-state index >= 15 is 0 Å². The number of rotatable bonds is 4. The highest BCUT2D eigenvalue weighted by molar-refractivity contribution is 5.65. The van der Waals surface area contributed by atoms with Crippen molar-refractivity contribution in [1.29, 1.82) is 0 Å². The van der Waals surface area contributed by atoms with E-state index < -0.39 is 12.3 Å². The molecule has 0 aromatic carbocycles. The van der Waals surface area contributed by atoms with E-state index in [9.17, 15) is 9.90 Å². The molecule has 0 bridgehead atoms. The zero-order chi connectivity index (χ0) is 14.8. The number of nitrogens with one attached hydrogen (secondary N) is 1. The fraction of sp³-hybridized carbons (Fsp3) is 0.929. The molecule has 1 fully saturated rings. The molecule has 0 saturated carbocycles. The first kappa shape index (κ1) is 16.2. The van der Waals surface area contributed by atoms with E-state index in [0.717, 1.165) is 12.8 Å². The van der Waals surface area contributed by atoms with Crippen molar-refractivity contribution >= 4 is 6.09 Å². The molecule has 0 aromatic rings. The SMILES string of the molecule is CCOC(C)N(C(=O)O)C1CC(C)(C)NC(C)(C)C1. The number of hydrogen-bond acceptors (Lipinski definition) is 3. The van der Waals surface area contributed by atoms with Gasteiger partial charge in [-0.3, -0.25) is 4.90 Å². The van der Waals surface area contributed by atoms with Gasteiger partial charge in [-0.1, -0.05) is 0 Å². The Bertz CT molecular complexity index is 313. The highest BCUT2D eigenvalue weighted by Crippen LogP contribution is 2.32. The number of carboxylic acid groups (broad SMARTS) is 1. The average Bonchev–Trinajstić information content (AvgIpc) is 2.11. The molecule has 0 spiro atoms. The third-order valence-electron chi connectivity index (χ3n) is 3.58. The zero-order valence-corrected chi connectivity index (χ0v) is 13.0. The molecule has 2 N–H and O–H groups in total. The first-order chi connectivity index (χ1) is 8.58. The van der Waals surface area contributed by atoms with Gasteiger partial charge in [-0.15, -0.1) is 0 Å². The van der Waals surface area contributed by atoms with Crippen LogP contribution in [0.3, 0.4) is 0 Å². The molecule has 1 heterocycles. The minimum Gasteiger partial charge on any atom is -0.465 e. The van der Waals surface area contributed by atoms with Crippen molar-refractivity contribution in [2.24, 2.45) is 0 Å². The maximum absolute atomic E-state index is 11.6. The van der Waals surface area contributed by atoms with Crippen LogP contribution in [0.2, 0.25) is 0 Å². The van der Waals surface area contributed by atoms with Crippen LogP contribution >= 0.6 is 0 Å². The van der Waals surface area contributed by atoms with Gasteiger partial charge in [0.05, 0.1) is 0 Å². The highest BCUT2D eigenvalue weighted by Gasteiger charge is 2.42. The quantitative estimate of drug-likeness (QED) is 0.772. The topological polar surface area (TPSA) is 61.8 Å². The van der Waals surface area contributed by atoms with Gasteiger partial charge in [-0.25, -0.2) is 4.79 Å². The van der Waals surface area contributed by atoms with E-state index in [1.165, 1.54) is 4.90 Å². The van der Waals surface area contributed by atoms with Crippen molar-refractivity contribution < 1.29 is 14.6 Å². The Morgan fingerprint density at radius 3 is 2.21 bits per heavy atom. The van der Waals surface area contributed by atoms with Crippen LogP contribution in [0.5, 0.6) is 0 Å². The number of carbonyl (C=O) groups is 1. The standard InChI is InChI=1S/C14H28N2O3/c1-7-19-10(2)16(12(17)18)11-8-13(3,4)15-14(5,6)9-11/h10-11,15H,7-9H2,1-6H3,(H,17,18). The smallest absolute Gasteiger partial charge is 0.409 e. The molecule has 0 aliphatic carbocycles. The molecule has 1 rings (SSSR count). The summed E-state index contributed by atoms with van der Waals surface area (Å²) in [7, 11) is 0. The van der Waals surface area contributed by atoms with Crippen LogP contribution in [0.4, 0.5) is 4.79 Å². The first-order valence-electron chi connectivity index (χ1n) is 7.00. The van der Waals surface area contributed by atoms with Gasteiger partial charge in [0.15, 0.2) is 0 Å². The lowest BCUT2D eigenvalue weighted by Gasteiger charge is -2.49. The van der Waals surface area contributed by atoms with Gasteiger partial charge in [0.1, 0.15) is 6.23 Å². The maximum Gasteiger partial charge on any atom is 0.409 e. The summed E-state index contributed by atoms with van der Waals surface area (Å²) >= 11 is 0. The summed E-state index contributed by atoms with van der Waals surface area (Å²) < 4.78 is 5.48. The van der Waals surface area contributed by atoms with E-state index in [1.807, 2.05) is 6.92 Å². The molecule has 5 heteroatoms. The van der Waals surface area contributed by atoms with Crippen molar-refractivity contribution in [1.82, 2.24) is 10.2 Å². The molecule has 0 radical (unpaired) electrons. The third kappa shape index (κ3) is 4.35. The van der Waals surface area contributed by atoms with Gasteiger partial charge in [-0.2, -0.15) is 0 Å². The zero-order valence-electron chi connectivity index (χ0n) is 13.0. The Balaban J connectivity index is 2.92. The maximum atomic E-state index is 11.6. The van der Waals surface area contributed by atoms with Crippen LogP contribution in [-0.4, -0.2) is 46.1 Å². The van der Waals surface area contributed by atoms with Gasteiger partial charge < -0.3 is 15.2 Å². The largest absolute Gasteiger partial charge is 0.465 e. The molecular weight excluding hydrogens is 244 g/mol. The monoisotopic (exact) mass is 272 g/mol. The summed E-state index contributed by atoms with van der Waals surface area (Å²) in [6.07, 6.45) is 0.275. The molecule has 19 heavy (non-hydrogen) atoms. The number of amides is 1. The molecule has 0 aromatic heterocycles. The fourth-order valence-electron chi connectivity index (χ4n) is 3.40. The van der Waals surface area contributed by atoms with Gasteiger partial charge in [0.25, 0.3) is 0 Å². The van der Waals surface area contributed by atoms with E-state index in [0.29, 0.717) is 6.61 Å². The van der Waals surface area contributed by atoms with Crippen LogP contribution in [0.15, 0.2) is 0 Å². The van der Waals surface area contributed by atoms with Crippen molar-refractivity contribution in [3.63, 3.8) is 0 Å². The van der Waals surface area contributed by atoms with Gasteiger partial charge in [0, 0.05) is 23.7 Å². The van der Waals surface area contributed by atoms with Gasteiger partial charge in [-0.05, 0) is 54.4 Å². The number of nitrogens with zero attached hydrogens (tertiary/aromatic N) is 1. The Kier molecular flexibility index (Phi) is 4.85. The normalized spacial score (nSPS) is 23.9. The summed E-state index contributed by atoms with van der Waals surface area (Å²) in [5.74, 6) is 0. The van der Waals surface area contributed by atoms with E-state index in [2.05, 4.69) is 33.0 Å². The average molecular weight is 272 g/mol. The summed E-state index contributed by atoms with van der Waals surface area (Å²) in [6.45, 7) is 12.7. The second-order valence-corrected chi connectivity index (χ2v) is 6.70. The summed E-state index contributed by atoms with van der Waals surface area (Å²) in [5, 5.41) is 13.1. The van der Waals surface area contributed by atoms with Crippen molar-refractivity contribution in [3.8, 4) is 0 Å². The molecule has 1 aliphatic rings. The van der Waals surface area contributed by atoms with Gasteiger partial charge >= 0.3 is 6.09 Å². The molecule has 1 amide bonds. The second kappa shape index (κ2) is 5.67. The molecule has 112 valence electrons. The fourth-order valence-corrected chi connectivity index (χ4v) is 3.40. The molecule has 1 saturated heterocycles. The van der Waals surface area contributed by atoms with E-state index in [4.69, 9.17) is 4.74 Å². The summed E-state index contributed by atoms with van der Waals surface area (Å²) in [6, 6.07) is -0.0229. The van der Waals surface area contributed by atoms with Crippen LogP contribution in [0.1, 0.15) is 54.4 Å². The minimum atomic E-state index is -0.903. The van der Waals surface area contributed by atoms with Crippen LogP contribution in [0.25, 0.3) is 0 Å². The highest BCUT2D eigenvalue weighted by atomic mass is 16.5. The van der Waals surface area contributed by atoms with Crippen molar-refractivity contribution in [3.05, 3.63) is 0 Å². The van der Waals surface area contributed by atoms with Crippen LogP contribution < -0.4 is 5.32 Å². The van der Waals surface area contributed by atoms with Crippen molar-refractivity contribution in [2.45, 2.75) is 77.7 Å². The summed E-state index contributed by atoms with van der Waals surface area (Å²) in [4.78, 5) is 13.0. The Morgan fingerprint density at radius 2 is 1.84 bits per heavy atom. The minimum absolute atomic E-state index is 0.0229. The lowest BCUT2D eigenvalue weighted by Crippen LogP contribution is -2.63. The van der Waals surface area contributed by atoms with E-state index in [-0.39, 0.29) is 17.1 Å². The first-order valence-corrected chi connectivity index (χ1v) is 7.00. The number of hydrogen-bond donors (Lipinski definition) is 2. The molecular formula is C14H28N2O3. The van der Waals surface area contributed by atoms with Crippen molar-refractivity contribution in [2.75, 3.05) is 6.61 Å². The number of ether oxygens (including phenoxy) is 1. The second-order valence-electron chi connectivity index (χ2n) is 6.70. The lowest BCUT2D eigenvalue weighted by molar-refractivity contribution is -0.0669.